The largest absolute Gasteiger partial charge is 0.0937 e. The number of hydrogen-bond acceptors (Lipinski definition) is 1. The van der Waals surface area contributed by atoms with Crippen LogP contribution in [0.2, 0.25) is 0 Å². The van der Waals surface area contributed by atoms with Crippen molar-refractivity contribution in [2.45, 2.75) is 19.3 Å². The van der Waals surface area contributed by atoms with Gasteiger partial charge in [0.05, 0.1) is 0 Å². The smallest absolute Gasteiger partial charge is 0.0289 e. The lowest BCUT2D eigenvalue weighted by molar-refractivity contribution is 0.490. The summed E-state index contributed by atoms with van der Waals surface area (Å²) in [5, 5.41) is 3.54. The van der Waals surface area contributed by atoms with Gasteiger partial charge in [-0.2, -0.15) is 0 Å². The fourth-order valence-electron chi connectivity index (χ4n) is 1.17. The Hall–Kier alpha value is -0.950. The molecular weight excluding hydrogens is 126 g/mol. The normalized spacial score (nSPS) is 23.8. The predicted octanol–water partition coefficient (Wildman–Crippen LogP) is 2.65. The second-order valence-corrected chi connectivity index (χ2v) is 2.56. The van der Waals surface area contributed by atoms with E-state index in [-0.39, 0.29) is 0 Å². The average Bonchev–Trinajstić information content (AvgIpc) is 2.03. The van der Waals surface area contributed by atoms with E-state index in [2.05, 4.69) is 22.2 Å². The SMILES string of the molecule is [N-]=[N+]=NCC1CC=CCC1. The summed E-state index contributed by atoms with van der Waals surface area (Å²) in [7, 11) is 0. The van der Waals surface area contributed by atoms with Gasteiger partial charge in [-0.05, 0) is 30.7 Å². The summed E-state index contributed by atoms with van der Waals surface area (Å²) in [5.74, 6) is 0.598. The lowest BCUT2D eigenvalue weighted by Crippen LogP contribution is -2.05. The van der Waals surface area contributed by atoms with Gasteiger partial charge in [0.25, 0.3) is 0 Å². The summed E-state index contributed by atoms with van der Waals surface area (Å²) in [6.07, 6.45) is 7.76. The molecule has 10 heavy (non-hydrogen) atoms. The number of azide groups is 1. The summed E-state index contributed by atoms with van der Waals surface area (Å²) in [6.45, 7) is 0.668. The van der Waals surface area contributed by atoms with Crippen molar-refractivity contribution in [3.63, 3.8) is 0 Å². The van der Waals surface area contributed by atoms with Crippen molar-refractivity contribution in [1.29, 1.82) is 0 Å². The molecule has 1 rings (SSSR count). The van der Waals surface area contributed by atoms with E-state index in [9.17, 15) is 0 Å². The van der Waals surface area contributed by atoms with E-state index < -0.39 is 0 Å². The van der Waals surface area contributed by atoms with Crippen LogP contribution in [0.15, 0.2) is 17.3 Å². The number of rotatable bonds is 2. The fraction of sp³-hybridized carbons (Fsp3) is 0.714. The molecule has 1 atom stereocenters. The second-order valence-electron chi connectivity index (χ2n) is 2.56. The summed E-state index contributed by atoms with van der Waals surface area (Å²) < 4.78 is 0. The maximum Gasteiger partial charge on any atom is 0.0289 e. The van der Waals surface area contributed by atoms with E-state index >= 15 is 0 Å². The number of nitrogens with zero attached hydrogens (tertiary/aromatic N) is 3. The average molecular weight is 137 g/mol. The number of allylic oxidation sites excluding steroid dienone is 2. The van der Waals surface area contributed by atoms with Crippen molar-refractivity contribution < 1.29 is 0 Å². The summed E-state index contributed by atoms with van der Waals surface area (Å²) >= 11 is 0. The van der Waals surface area contributed by atoms with Gasteiger partial charge in [-0.25, -0.2) is 0 Å². The molecular formula is C7H11N3. The van der Waals surface area contributed by atoms with Crippen LogP contribution in [0, 0.1) is 5.92 Å². The Bertz CT molecular complexity index is 168. The topological polar surface area (TPSA) is 48.8 Å². The van der Waals surface area contributed by atoms with E-state index in [0.29, 0.717) is 12.5 Å². The van der Waals surface area contributed by atoms with Crippen LogP contribution in [0.4, 0.5) is 0 Å². The van der Waals surface area contributed by atoms with E-state index in [1.165, 1.54) is 6.42 Å². The highest BCUT2D eigenvalue weighted by atomic mass is 15.1. The van der Waals surface area contributed by atoms with Gasteiger partial charge in [0.2, 0.25) is 0 Å². The molecule has 3 heteroatoms. The maximum atomic E-state index is 8.04. The first kappa shape index (κ1) is 7.16. The zero-order valence-electron chi connectivity index (χ0n) is 5.90. The highest BCUT2D eigenvalue weighted by Crippen LogP contribution is 2.17. The Balaban J connectivity index is 2.28. The fourth-order valence-corrected chi connectivity index (χ4v) is 1.17. The van der Waals surface area contributed by atoms with Gasteiger partial charge in [-0.3, -0.25) is 0 Å². The Morgan fingerprint density at radius 1 is 1.60 bits per heavy atom. The molecule has 54 valence electrons. The van der Waals surface area contributed by atoms with Gasteiger partial charge in [-0.1, -0.05) is 17.3 Å². The van der Waals surface area contributed by atoms with Gasteiger partial charge in [-0.15, -0.1) is 0 Å². The minimum Gasteiger partial charge on any atom is -0.0937 e. The van der Waals surface area contributed by atoms with Crippen molar-refractivity contribution in [3.05, 3.63) is 22.6 Å². The van der Waals surface area contributed by atoms with Gasteiger partial charge >= 0.3 is 0 Å². The quantitative estimate of drug-likeness (QED) is 0.243. The van der Waals surface area contributed by atoms with Crippen LogP contribution < -0.4 is 0 Å². The minimum atomic E-state index is 0.598. The molecule has 1 unspecified atom stereocenters. The predicted molar refractivity (Wildman–Crippen MR) is 40.5 cm³/mol. The van der Waals surface area contributed by atoms with E-state index in [0.717, 1.165) is 12.8 Å². The summed E-state index contributed by atoms with van der Waals surface area (Å²) in [4.78, 5) is 2.73. The standard InChI is InChI=1S/C7H11N3/c8-10-9-6-7-4-2-1-3-5-7/h1-2,7H,3-6H2. The molecule has 0 spiro atoms. The molecule has 0 aromatic carbocycles. The maximum absolute atomic E-state index is 8.04. The molecule has 0 aliphatic heterocycles. The lowest BCUT2D eigenvalue weighted by atomic mass is 9.95. The Labute approximate surface area is 60.4 Å². The highest BCUT2D eigenvalue weighted by molar-refractivity contribution is 4.90. The zero-order chi connectivity index (χ0) is 7.23. The van der Waals surface area contributed by atoms with Crippen molar-refractivity contribution in [2.75, 3.05) is 6.54 Å². The molecule has 0 radical (unpaired) electrons. The van der Waals surface area contributed by atoms with E-state index in [1.807, 2.05) is 0 Å². The van der Waals surface area contributed by atoms with Crippen molar-refractivity contribution in [2.24, 2.45) is 11.0 Å². The van der Waals surface area contributed by atoms with Crippen LogP contribution in [0.3, 0.4) is 0 Å². The van der Waals surface area contributed by atoms with Crippen LogP contribution >= 0.6 is 0 Å². The first-order valence-electron chi connectivity index (χ1n) is 3.59. The molecule has 0 saturated carbocycles. The molecule has 0 aromatic rings. The molecule has 0 N–H and O–H groups in total. The number of hydrogen-bond donors (Lipinski definition) is 0. The Morgan fingerprint density at radius 3 is 3.10 bits per heavy atom. The second kappa shape index (κ2) is 3.96. The first-order valence-corrected chi connectivity index (χ1v) is 3.59. The molecule has 3 nitrogen and oxygen atoms in total. The first-order chi connectivity index (χ1) is 4.93. The zero-order valence-corrected chi connectivity index (χ0v) is 5.90. The molecule has 0 saturated heterocycles. The van der Waals surface area contributed by atoms with Gasteiger partial charge in [0.15, 0.2) is 0 Å². The monoisotopic (exact) mass is 137 g/mol. The van der Waals surface area contributed by atoms with E-state index in [4.69, 9.17) is 5.53 Å². The van der Waals surface area contributed by atoms with Crippen LogP contribution in [0.25, 0.3) is 10.4 Å². The van der Waals surface area contributed by atoms with Gasteiger partial charge in [0.1, 0.15) is 0 Å². The molecule has 0 amide bonds. The van der Waals surface area contributed by atoms with E-state index in [1.54, 1.807) is 0 Å². The van der Waals surface area contributed by atoms with Crippen LogP contribution in [-0.2, 0) is 0 Å². The molecule has 0 heterocycles. The molecule has 0 fully saturated rings. The highest BCUT2D eigenvalue weighted by Gasteiger charge is 2.07. The summed E-state index contributed by atoms with van der Waals surface area (Å²) in [5.41, 5.74) is 8.04. The van der Waals surface area contributed by atoms with Crippen molar-refractivity contribution in [3.8, 4) is 0 Å². The third-order valence-corrected chi connectivity index (χ3v) is 1.78. The van der Waals surface area contributed by atoms with Crippen molar-refractivity contribution in [1.82, 2.24) is 0 Å². The van der Waals surface area contributed by atoms with Gasteiger partial charge < -0.3 is 0 Å². The lowest BCUT2D eigenvalue weighted by Gasteiger charge is -2.13. The minimum absolute atomic E-state index is 0.598. The van der Waals surface area contributed by atoms with Crippen LogP contribution in [-0.4, -0.2) is 6.54 Å². The summed E-state index contributed by atoms with van der Waals surface area (Å²) in [6, 6.07) is 0. The third kappa shape index (κ3) is 2.11. The molecule has 1 aliphatic carbocycles. The van der Waals surface area contributed by atoms with Crippen LogP contribution in [0.1, 0.15) is 19.3 Å². The molecule has 0 aromatic heterocycles. The molecule has 0 bridgehead atoms. The van der Waals surface area contributed by atoms with Crippen molar-refractivity contribution >= 4 is 0 Å². The molecule has 1 aliphatic rings. The van der Waals surface area contributed by atoms with Gasteiger partial charge in [0, 0.05) is 11.5 Å². The Morgan fingerprint density at radius 2 is 2.50 bits per heavy atom. The third-order valence-electron chi connectivity index (χ3n) is 1.78. The van der Waals surface area contributed by atoms with Crippen LogP contribution in [0.5, 0.6) is 0 Å². The Kier molecular flexibility index (Phi) is 2.84.